The number of rotatable bonds is 3. The molecule has 1 aliphatic heterocycles. The van der Waals surface area contributed by atoms with Crippen LogP contribution in [0, 0.1) is 6.92 Å². The predicted molar refractivity (Wildman–Crippen MR) is 103 cm³/mol. The number of amides is 1. The zero-order chi connectivity index (χ0) is 21.0. The molecule has 2 aliphatic rings. The Morgan fingerprint density at radius 3 is 2.87 bits per heavy atom. The maximum atomic E-state index is 13.8. The molecule has 8 nitrogen and oxygen atoms in total. The lowest BCUT2D eigenvalue weighted by atomic mass is 10.2. The Morgan fingerprint density at radius 1 is 1.37 bits per heavy atom. The summed E-state index contributed by atoms with van der Waals surface area (Å²) in [7, 11) is 0. The lowest BCUT2D eigenvalue weighted by Gasteiger charge is -2.12. The molecule has 2 aromatic heterocycles. The molecule has 3 heterocycles. The third kappa shape index (κ3) is 3.03. The average Bonchev–Trinajstić information content (AvgIpc) is 3.33. The van der Waals surface area contributed by atoms with Crippen LogP contribution in [0.1, 0.15) is 29.0 Å². The van der Waals surface area contributed by atoms with Gasteiger partial charge in [-0.05, 0) is 19.1 Å². The minimum atomic E-state index is -2.22. The van der Waals surface area contributed by atoms with Crippen molar-refractivity contribution in [2.24, 2.45) is 0 Å². The number of nitrogens with one attached hydrogen (secondary N) is 2. The molecule has 10 heteroatoms. The highest BCUT2D eigenvalue weighted by Crippen LogP contribution is 2.42. The number of alkyl halides is 1. The third-order valence-electron chi connectivity index (χ3n) is 4.77. The highest BCUT2D eigenvalue weighted by Gasteiger charge is 2.37. The maximum absolute atomic E-state index is 13.8. The van der Waals surface area contributed by atoms with Crippen LogP contribution in [0.3, 0.4) is 0 Å². The van der Waals surface area contributed by atoms with E-state index < -0.39 is 17.8 Å². The molecule has 1 amide bonds. The largest absolute Gasteiger partial charge is 0.423 e. The van der Waals surface area contributed by atoms with Crippen molar-refractivity contribution in [1.29, 1.82) is 0 Å². The Balaban J connectivity index is 1.38. The lowest BCUT2D eigenvalue weighted by Crippen LogP contribution is -2.27. The SMILES string of the molecule is Cc1c(C(=O)Nc2nc3cc4c(cc3[nH]2)OC(C)(F)O4)cnn1C1C=C=C(F)C=C1. The number of aromatic amines is 1. The van der Waals surface area contributed by atoms with Gasteiger partial charge in [0.25, 0.3) is 5.91 Å². The van der Waals surface area contributed by atoms with Crippen molar-refractivity contribution < 1.29 is 23.0 Å². The first-order chi connectivity index (χ1) is 14.3. The van der Waals surface area contributed by atoms with Gasteiger partial charge in [0, 0.05) is 24.8 Å². The number of benzene rings is 1. The van der Waals surface area contributed by atoms with E-state index >= 15 is 0 Å². The molecule has 2 N–H and O–H groups in total. The summed E-state index contributed by atoms with van der Waals surface area (Å²) in [5.41, 5.74) is 4.45. The first-order valence-corrected chi connectivity index (χ1v) is 9.06. The van der Waals surface area contributed by atoms with Crippen LogP contribution in [0.5, 0.6) is 11.5 Å². The van der Waals surface area contributed by atoms with Gasteiger partial charge in [0.05, 0.1) is 28.8 Å². The Kier molecular flexibility index (Phi) is 3.81. The van der Waals surface area contributed by atoms with Crippen LogP contribution >= 0.6 is 0 Å². The first-order valence-electron chi connectivity index (χ1n) is 9.06. The van der Waals surface area contributed by atoms with Gasteiger partial charge in [-0.1, -0.05) is 11.8 Å². The van der Waals surface area contributed by atoms with Gasteiger partial charge in [0.15, 0.2) is 17.3 Å². The van der Waals surface area contributed by atoms with Crippen molar-refractivity contribution in [2.75, 3.05) is 5.32 Å². The smallest absolute Gasteiger partial charge is 0.404 e. The minimum absolute atomic E-state index is 0.205. The van der Waals surface area contributed by atoms with Crippen molar-refractivity contribution in [1.82, 2.24) is 19.7 Å². The summed E-state index contributed by atoms with van der Waals surface area (Å²) >= 11 is 0. The topological polar surface area (TPSA) is 94.1 Å². The highest BCUT2D eigenvalue weighted by molar-refractivity contribution is 6.04. The lowest BCUT2D eigenvalue weighted by molar-refractivity contribution is -0.173. The number of halogens is 2. The quantitative estimate of drug-likeness (QED) is 0.639. The van der Waals surface area contributed by atoms with E-state index in [2.05, 4.69) is 26.1 Å². The number of aromatic nitrogens is 4. The number of carbonyl (C=O) groups is 1. The van der Waals surface area contributed by atoms with Crippen LogP contribution in [0.4, 0.5) is 14.7 Å². The Bertz CT molecular complexity index is 1250. The Morgan fingerprint density at radius 2 is 2.13 bits per heavy atom. The second-order valence-electron chi connectivity index (χ2n) is 6.99. The zero-order valence-electron chi connectivity index (χ0n) is 15.9. The van der Waals surface area contributed by atoms with Crippen LogP contribution in [0.25, 0.3) is 11.0 Å². The number of ether oxygens (including phenoxy) is 2. The molecule has 2 atom stereocenters. The molecule has 0 fully saturated rings. The minimum Gasteiger partial charge on any atom is -0.423 e. The van der Waals surface area contributed by atoms with Gasteiger partial charge in [-0.3, -0.25) is 14.8 Å². The Hall–Kier alpha value is -3.91. The van der Waals surface area contributed by atoms with E-state index in [4.69, 9.17) is 9.47 Å². The van der Waals surface area contributed by atoms with Crippen LogP contribution in [0.15, 0.2) is 48.1 Å². The number of hydrogen-bond donors (Lipinski definition) is 2. The Labute approximate surface area is 168 Å². The summed E-state index contributed by atoms with van der Waals surface area (Å²) in [6.07, 6.45) is 5.89. The number of nitrogens with zero attached hydrogens (tertiary/aromatic N) is 3. The first kappa shape index (κ1) is 18.1. The van der Waals surface area contributed by atoms with Crippen LogP contribution in [-0.2, 0) is 0 Å². The number of carbonyl (C=O) groups excluding carboxylic acids is 1. The van der Waals surface area contributed by atoms with E-state index in [0.29, 0.717) is 22.3 Å². The third-order valence-corrected chi connectivity index (χ3v) is 4.77. The average molecular weight is 411 g/mol. The zero-order valence-corrected chi connectivity index (χ0v) is 15.9. The van der Waals surface area contributed by atoms with Gasteiger partial charge < -0.3 is 14.5 Å². The fraction of sp³-hybridized carbons (Fsp3) is 0.200. The molecule has 0 saturated carbocycles. The van der Waals surface area contributed by atoms with E-state index in [9.17, 15) is 13.6 Å². The highest BCUT2D eigenvalue weighted by atomic mass is 19.2. The summed E-state index contributed by atoms with van der Waals surface area (Å²) in [5.74, 6) is -0.203. The molecule has 0 radical (unpaired) electrons. The molecule has 0 bridgehead atoms. The van der Waals surface area contributed by atoms with Crippen molar-refractivity contribution in [3.8, 4) is 11.5 Å². The van der Waals surface area contributed by atoms with Crippen molar-refractivity contribution in [3.63, 3.8) is 0 Å². The van der Waals surface area contributed by atoms with Gasteiger partial charge in [-0.15, -0.1) is 0 Å². The second-order valence-corrected chi connectivity index (χ2v) is 6.99. The molecule has 1 aliphatic carbocycles. The number of anilines is 1. The molecular formula is C20H15F2N5O3. The number of imidazole rings is 1. The van der Waals surface area contributed by atoms with E-state index in [1.807, 2.05) is 0 Å². The number of H-pyrrole nitrogens is 1. The van der Waals surface area contributed by atoms with E-state index in [0.717, 1.165) is 6.92 Å². The van der Waals surface area contributed by atoms with Gasteiger partial charge in [0.1, 0.15) is 0 Å². The molecule has 1 aromatic carbocycles. The normalized spacial score (nSPS) is 18.7. The van der Waals surface area contributed by atoms with Crippen molar-refractivity contribution >= 4 is 22.9 Å². The molecule has 2 unspecified atom stereocenters. The van der Waals surface area contributed by atoms with Crippen LogP contribution < -0.4 is 14.8 Å². The van der Waals surface area contributed by atoms with Crippen molar-refractivity contribution in [3.05, 3.63) is 59.4 Å². The molecule has 0 saturated heterocycles. The fourth-order valence-electron chi connectivity index (χ4n) is 3.38. The van der Waals surface area contributed by atoms with Crippen molar-refractivity contribution in [2.45, 2.75) is 25.9 Å². The molecule has 152 valence electrons. The summed E-state index contributed by atoms with van der Waals surface area (Å²) < 4.78 is 38.7. The summed E-state index contributed by atoms with van der Waals surface area (Å²) in [4.78, 5) is 20.0. The molecule has 5 rings (SSSR count). The van der Waals surface area contributed by atoms with Gasteiger partial charge in [0.2, 0.25) is 5.95 Å². The number of hydrogen-bond acceptors (Lipinski definition) is 5. The van der Waals surface area contributed by atoms with E-state index in [1.54, 1.807) is 23.7 Å². The second kappa shape index (κ2) is 6.30. The van der Waals surface area contributed by atoms with E-state index in [1.165, 1.54) is 24.4 Å². The van der Waals surface area contributed by atoms with Crippen LogP contribution in [-0.4, -0.2) is 31.7 Å². The molecule has 0 spiro atoms. The van der Waals surface area contributed by atoms with Gasteiger partial charge in [-0.25, -0.2) is 4.98 Å². The maximum Gasteiger partial charge on any atom is 0.404 e. The molecule has 3 aromatic rings. The number of allylic oxidation sites excluding steroid dienone is 3. The van der Waals surface area contributed by atoms with E-state index in [-0.39, 0.29) is 23.5 Å². The summed E-state index contributed by atoms with van der Waals surface area (Å²) in [5, 5.41) is 6.91. The summed E-state index contributed by atoms with van der Waals surface area (Å²) in [6.45, 7) is 2.90. The number of fused-ring (bicyclic) bond motifs is 2. The summed E-state index contributed by atoms with van der Waals surface area (Å²) in [6, 6.07) is 0.524. The standard InChI is InChI=1S/C20H15F2N5O3/c1-10-13(9-23-27(10)12-5-3-11(21)4-6-12)18(28)26-19-24-14-7-16-17(8-15(14)25-19)30-20(2,22)29-16/h3,5-9,12H,1-2H3,(H2,24,25,26,28). The monoisotopic (exact) mass is 411 g/mol. The van der Waals surface area contributed by atoms with Crippen LogP contribution in [0.2, 0.25) is 0 Å². The predicted octanol–water partition coefficient (Wildman–Crippen LogP) is 3.85. The van der Waals surface area contributed by atoms with Gasteiger partial charge >= 0.3 is 6.04 Å². The molecule has 30 heavy (non-hydrogen) atoms. The fourth-order valence-corrected chi connectivity index (χ4v) is 3.38. The van der Waals surface area contributed by atoms with Gasteiger partial charge in [-0.2, -0.15) is 13.9 Å². The molecular weight excluding hydrogens is 396 g/mol.